The van der Waals surface area contributed by atoms with E-state index in [1.807, 2.05) is 0 Å². The molecule has 1 aliphatic rings. The van der Waals surface area contributed by atoms with Gasteiger partial charge in [0, 0.05) is 16.4 Å². The van der Waals surface area contributed by atoms with Crippen molar-refractivity contribution in [1.29, 1.82) is 0 Å². The first-order valence-corrected chi connectivity index (χ1v) is 11.6. The SMILES string of the molecule is O=C(C1=C(O)C(=O)N(Cc2ccc(F)cc2)C1c1ccc(O)c(Cl)c1)c1cc2cc(Br)ccc2o1. The summed E-state index contributed by atoms with van der Waals surface area (Å²) in [6.45, 7) is -0.0177. The number of carbonyl (C=O) groups is 2. The Hall–Kier alpha value is -3.62. The van der Waals surface area contributed by atoms with Gasteiger partial charge < -0.3 is 19.5 Å². The molecule has 1 aromatic heterocycles. The number of phenols is 1. The van der Waals surface area contributed by atoms with E-state index in [0.29, 0.717) is 22.1 Å². The summed E-state index contributed by atoms with van der Waals surface area (Å²) < 4.78 is 19.9. The van der Waals surface area contributed by atoms with Crippen LogP contribution in [0.5, 0.6) is 5.75 Å². The molecule has 4 aromatic rings. The summed E-state index contributed by atoms with van der Waals surface area (Å²) >= 11 is 9.50. The predicted molar refractivity (Wildman–Crippen MR) is 131 cm³/mol. The highest BCUT2D eigenvalue weighted by Crippen LogP contribution is 2.42. The molecule has 0 saturated heterocycles. The van der Waals surface area contributed by atoms with E-state index >= 15 is 0 Å². The average molecular weight is 557 g/mol. The van der Waals surface area contributed by atoms with Crippen molar-refractivity contribution >= 4 is 50.2 Å². The molecule has 0 radical (unpaired) electrons. The third kappa shape index (κ3) is 4.19. The molecule has 176 valence electrons. The van der Waals surface area contributed by atoms with E-state index in [2.05, 4.69) is 15.9 Å². The standard InChI is InChI=1S/C26H16BrClFNO5/c27-16-4-8-20-15(9-16)11-21(35-20)24(32)22-23(14-3-7-19(31)18(28)10-14)30(26(34)25(22)33)12-13-1-5-17(29)6-2-13/h1-11,23,31,33H,12H2. The third-order valence-corrected chi connectivity index (χ3v) is 6.60. The van der Waals surface area contributed by atoms with Crippen LogP contribution < -0.4 is 0 Å². The second kappa shape index (κ2) is 8.87. The van der Waals surface area contributed by atoms with Gasteiger partial charge in [0.25, 0.3) is 5.91 Å². The molecular formula is C26H16BrClFNO5. The molecule has 0 fully saturated rings. The number of aliphatic hydroxyl groups is 1. The highest BCUT2D eigenvalue weighted by molar-refractivity contribution is 9.10. The molecule has 9 heteroatoms. The number of benzene rings is 3. The summed E-state index contributed by atoms with van der Waals surface area (Å²) in [5, 5.41) is 21.4. The Morgan fingerprint density at radius 3 is 2.51 bits per heavy atom. The lowest BCUT2D eigenvalue weighted by Gasteiger charge is -2.27. The van der Waals surface area contributed by atoms with Gasteiger partial charge in [0.15, 0.2) is 11.5 Å². The van der Waals surface area contributed by atoms with Gasteiger partial charge in [-0.1, -0.05) is 45.7 Å². The van der Waals surface area contributed by atoms with Crippen molar-refractivity contribution in [2.75, 3.05) is 0 Å². The second-order valence-corrected chi connectivity index (χ2v) is 9.38. The van der Waals surface area contributed by atoms with Crippen molar-refractivity contribution in [1.82, 2.24) is 4.90 Å². The number of fused-ring (bicyclic) bond motifs is 1. The summed E-state index contributed by atoms with van der Waals surface area (Å²) in [5.74, 6) is -2.81. The van der Waals surface area contributed by atoms with Crippen LogP contribution in [0.3, 0.4) is 0 Å². The molecule has 0 saturated carbocycles. The molecule has 35 heavy (non-hydrogen) atoms. The molecule has 0 spiro atoms. The third-order valence-electron chi connectivity index (χ3n) is 5.80. The number of Topliss-reactive ketones (excluding diaryl/α,β-unsaturated/α-hetero) is 1. The highest BCUT2D eigenvalue weighted by Gasteiger charge is 2.44. The van der Waals surface area contributed by atoms with Gasteiger partial charge in [-0.05, 0) is 59.7 Å². The van der Waals surface area contributed by atoms with E-state index in [-0.39, 0.29) is 28.7 Å². The lowest BCUT2D eigenvalue weighted by Crippen LogP contribution is -2.30. The van der Waals surface area contributed by atoms with E-state index in [1.165, 1.54) is 53.4 Å². The summed E-state index contributed by atoms with van der Waals surface area (Å²) in [7, 11) is 0. The summed E-state index contributed by atoms with van der Waals surface area (Å²) in [5.41, 5.74) is 1.27. The van der Waals surface area contributed by atoms with Gasteiger partial charge in [-0.3, -0.25) is 9.59 Å². The van der Waals surface area contributed by atoms with Gasteiger partial charge in [0.1, 0.15) is 17.1 Å². The van der Waals surface area contributed by atoms with E-state index in [1.54, 1.807) is 18.2 Å². The van der Waals surface area contributed by atoms with Crippen LogP contribution >= 0.6 is 27.5 Å². The lowest BCUT2D eigenvalue weighted by atomic mass is 9.94. The molecule has 1 atom stereocenters. The first kappa shape index (κ1) is 23.1. The maximum absolute atomic E-state index is 13.6. The fraction of sp³-hybridized carbons (Fsp3) is 0.0769. The largest absolute Gasteiger partial charge is 0.506 e. The first-order chi connectivity index (χ1) is 16.7. The fourth-order valence-electron chi connectivity index (χ4n) is 4.13. The zero-order chi connectivity index (χ0) is 24.9. The predicted octanol–water partition coefficient (Wildman–Crippen LogP) is 6.47. The number of aromatic hydroxyl groups is 1. The Labute approximate surface area is 212 Å². The highest BCUT2D eigenvalue weighted by atomic mass is 79.9. The molecular weight excluding hydrogens is 541 g/mol. The van der Waals surface area contributed by atoms with Crippen molar-refractivity contribution in [3.63, 3.8) is 0 Å². The number of aliphatic hydroxyl groups excluding tert-OH is 1. The molecule has 6 nitrogen and oxygen atoms in total. The zero-order valence-electron chi connectivity index (χ0n) is 17.8. The van der Waals surface area contributed by atoms with Gasteiger partial charge in [0.2, 0.25) is 5.78 Å². The number of furan rings is 1. The fourth-order valence-corrected chi connectivity index (χ4v) is 4.70. The van der Waals surface area contributed by atoms with Crippen LogP contribution in [0.1, 0.15) is 27.7 Å². The van der Waals surface area contributed by atoms with Crippen LogP contribution in [-0.2, 0) is 11.3 Å². The molecule has 3 aromatic carbocycles. The van der Waals surface area contributed by atoms with Crippen LogP contribution in [0.25, 0.3) is 11.0 Å². The Balaban J connectivity index is 1.61. The van der Waals surface area contributed by atoms with Crippen LogP contribution in [0.2, 0.25) is 5.02 Å². The minimum Gasteiger partial charge on any atom is -0.506 e. The normalized spacial score (nSPS) is 15.9. The van der Waals surface area contributed by atoms with E-state index in [4.69, 9.17) is 16.0 Å². The number of nitrogens with zero attached hydrogens (tertiary/aromatic N) is 1. The topological polar surface area (TPSA) is 91.0 Å². The van der Waals surface area contributed by atoms with Gasteiger partial charge in [-0.15, -0.1) is 0 Å². The van der Waals surface area contributed by atoms with Crippen LogP contribution in [-0.4, -0.2) is 26.8 Å². The Kier molecular flexibility index (Phi) is 5.86. The minimum absolute atomic E-state index is 0.0171. The number of carbonyl (C=O) groups excluding carboxylic acids is 2. The number of halogens is 3. The zero-order valence-corrected chi connectivity index (χ0v) is 20.2. The van der Waals surface area contributed by atoms with E-state index < -0.39 is 29.3 Å². The average Bonchev–Trinajstić information content (AvgIpc) is 3.36. The summed E-state index contributed by atoms with van der Waals surface area (Å²) in [4.78, 5) is 28.0. The van der Waals surface area contributed by atoms with Crippen molar-refractivity contribution < 1.29 is 28.6 Å². The quantitative estimate of drug-likeness (QED) is 0.275. The minimum atomic E-state index is -1.03. The Morgan fingerprint density at radius 2 is 1.80 bits per heavy atom. The number of ketones is 1. The summed E-state index contributed by atoms with van der Waals surface area (Å²) in [6.07, 6.45) is 0. The number of hydrogen-bond acceptors (Lipinski definition) is 5. The van der Waals surface area contributed by atoms with E-state index in [0.717, 1.165) is 4.47 Å². The molecule has 2 N–H and O–H groups in total. The van der Waals surface area contributed by atoms with Crippen LogP contribution in [0, 0.1) is 5.82 Å². The number of phenolic OH excluding ortho intramolecular Hbond substituents is 1. The Bertz CT molecular complexity index is 1530. The molecule has 1 aliphatic heterocycles. The van der Waals surface area contributed by atoms with E-state index in [9.17, 15) is 24.2 Å². The monoisotopic (exact) mass is 555 g/mol. The van der Waals surface area contributed by atoms with Gasteiger partial charge in [-0.25, -0.2) is 4.39 Å². The van der Waals surface area contributed by atoms with Gasteiger partial charge >= 0.3 is 0 Å². The second-order valence-electron chi connectivity index (χ2n) is 8.06. The number of amides is 1. The molecule has 5 rings (SSSR count). The molecule has 1 amide bonds. The maximum atomic E-state index is 13.6. The smallest absolute Gasteiger partial charge is 0.290 e. The van der Waals surface area contributed by atoms with Gasteiger partial charge in [-0.2, -0.15) is 0 Å². The van der Waals surface area contributed by atoms with Crippen molar-refractivity contribution in [3.05, 3.63) is 110 Å². The number of hydrogen-bond donors (Lipinski definition) is 2. The molecule has 2 heterocycles. The van der Waals surface area contributed by atoms with Crippen LogP contribution in [0.15, 0.2) is 87.0 Å². The Morgan fingerprint density at radius 1 is 1.06 bits per heavy atom. The molecule has 0 aliphatic carbocycles. The maximum Gasteiger partial charge on any atom is 0.290 e. The van der Waals surface area contributed by atoms with Crippen LogP contribution in [0.4, 0.5) is 4.39 Å². The summed E-state index contributed by atoms with van der Waals surface area (Å²) in [6, 6.07) is 15.6. The number of rotatable bonds is 5. The first-order valence-electron chi connectivity index (χ1n) is 10.4. The molecule has 0 bridgehead atoms. The van der Waals surface area contributed by atoms with Crippen molar-refractivity contribution in [3.8, 4) is 5.75 Å². The lowest BCUT2D eigenvalue weighted by molar-refractivity contribution is -0.130. The van der Waals surface area contributed by atoms with Gasteiger partial charge in [0.05, 0.1) is 16.6 Å². The molecule has 1 unspecified atom stereocenters. The van der Waals surface area contributed by atoms with Crippen molar-refractivity contribution in [2.45, 2.75) is 12.6 Å². The van der Waals surface area contributed by atoms with Crippen molar-refractivity contribution in [2.24, 2.45) is 0 Å².